The summed E-state index contributed by atoms with van der Waals surface area (Å²) in [5, 5.41) is 4.24. The van der Waals surface area contributed by atoms with Crippen molar-refractivity contribution in [2.75, 3.05) is 11.9 Å². The van der Waals surface area contributed by atoms with Gasteiger partial charge in [0, 0.05) is 17.1 Å². The molecule has 1 saturated carbocycles. The number of rotatable bonds is 5. The summed E-state index contributed by atoms with van der Waals surface area (Å²) in [6.45, 7) is 5.93. The second-order valence-electron chi connectivity index (χ2n) is 7.61. The number of nitrogens with one attached hydrogen (secondary N) is 1. The second kappa shape index (κ2) is 7.49. The highest BCUT2D eigenvalue weighted by molar-refractivity contribution is 7.11. The number of aryl methyl sites for hydroxylation is 2. The van der Waals surface area contributed by atoms with Crippen molar-refractivity contribution >= 4 is 22.9 Å². The van der Waals surface area contributed by atoms with Crippen LogP contribution in [0.1, 0.15) is 59.2 Å². The van der Waals surface area contributed by atoms with Gasteiger partial charge in [-0.1, -0.05) is 18.6 Å². The lowest BCUT2D eigenvalue weighted by molar-refractivity contribution is -0.122. The van der Waals surface area contributed by atoms with E-state index in [0.717, 1.165) is 54.7 Å². The van der Waals surface area contributed by atoms with E-state index < -0.39 is 0 Å². The Morgan fingerprint density at radius 2 is 1.96 bits per heavy atom. The third-order valence-electron chi connectivity index (χ3n) is 5.49. The van der Waals surface area contributed by atoms with Gasteiger partial charge in [0.1, 0.15) is 0 Å². The molecule has 0 spiro atoms. The van der Waals surface area contributed by atoms with Crippen LogP contribution in [0.5, 0.6) is 0 Å². The third-order valence-corrected chi connectivity index (χ3v) is 6.55. The number of hydrogen-bond donors (Lipinski definition) is 1. The smallest absolute Gasteiger partial charge is 0.241 e. The predicted molar refractivity (Wildman–Crippen MR) is 107 cm³/mol. The summed E-state index contributed by atoms with van der Waals surface area (Å²) in [6, 6.07) is 8.38. The van der Waals surface area contributed by atoms with Gasteiger partial charge in [0.15, 0.2) is 0 Å². The molecule has 1 aliphatic heterocycles. The number of benzene rings is 1. The van der Waals surface area contributed by atoms with Crippen LogP contribution in [-0.2, 0) is 11.3 Å². The van der Waals surface area contributed by atoms with Gasteiger partial charge in [0.25, 0.3) is 0 Å². The summed E-state index contributed by atoms with van der Waals surface area (Å²) in [5.41, 5.74) is 3.42. The number of aromatic nitrogens is 1. The fourth-order valence-electron chi connectivity index (χ4n) is 3.86. The monoisotopic (exact) mass is 369 g/mol. The summed E-state index contributed by atoms with van der Waals surface area (Å²) in [4.78, 5) is 21.1. The number of nitrogens with zero attached hydrogens (tertiary/aromatic N) is 2. The molecular weight excluding hydrogens is 342 g/mol. The predicted octanol–water partition coefficient (Wildman–Crippen LogP) is 4.63. The number of piperidine rings is 1. The van der Waals surface area contributed by atoms with E-state index in [1.807, 2.05) is 6.92 Å². The lowest BCUT2D eigenvalue weighted by atomic mass is 10.0. The van der Waals surface area contributed by atoms with Crippen LogP contribution >= 0.6 is 11.3 Å². The topological polar surface area (TPSA) is 45.2 Å². The van der Waals surface area contributed by atoms with E-state index in [2.05, 4.69) is 46.4 Å². The number of thiazole rings is 1. The van der Waals surface area contributed by atoms with Gasteiger partial charge in [-0.2, -0.15) is 0 Å². The SMILES string of the molecule is Cc1nc(C)c(CN2CCCCC2C(=O)Nc2ccc(C3CC3)cc2)s1. The average molecular weight is 370 g/mol. The van der Waals surface area contributed by atoms with Crippen LogP contribution < -0.4 is 5.32 Å². The Labute approximate surface area is 159 Å². The minimum Gasteiger partial charge on any atom is -0.325 e. The second-order valence-corrected chi connectivity index (χ2v) is 8.90. The fraction of sp³-hybridized carbons (Fsp3) is 0.524. The van der Waals surface area contributed by atoms with Gasteiger partial charge in [-0.05, 0) is 69.7 Å². The Morgan fingerprint density at radius 3 is 2.62 bits per heavy atom. The average Bonchev–Trinajstić information content (AvgIpc) is 3.42. The molecule has 1 amide bonds. The molecule has 0 radical (unpaired) electrons. The number of anilines is 1. The summed E-state index contributed by atoms with van der Waals surface area (Å²) in [6.07, 6.45) is 5.83. The van der Waals surface area contributed by atoms with Crippen molar-refractivity contribution in [1.82, 2.24) is 9.88 Å². The molecule has 2 aliphatic rings. The molecule has 5 heteroatoms. The maximum Gasteiger partial charge on any atom is 0.241 e. The molecule has 1 N–H and O–H groups in total. The van der Waals surface area contributed by atoms with E-state index in [9.17, 15) is 4.79 Å². The summed E-state index contributed by atoms with van der Waals surface area (Å²) in [5.74, 6) is 0.877. The van der Waals surface area contributed by atoms with E-state index in [1.54, 1.807) is 11.3 Å². The summed E-state index contributed by atoms with van der Waals surface area (Å²) >= 11 is 1.75. The Bertz CT molecular complexity index is 779. The van der Waals surface area contributed by atoms with E-state index in [-0.39, 0.29) is 11.9 Å². The fourth-order valence-corrected chi connectivity index (χ4v) is 4.83. The van der Waals surface area contributed by atoms with Crippen LogP contribution in [0.4, 0.5) is 5.69 Å². The first kappa shape index (κ1) is 17.7. The van der Waals surface area contributed by atoms with Gasteiger partial charge in [0.05, 0.1) is 16.7 Å². The summed E-state index contributed by atoms with van der Waals surface area (Å²) in [7, 11) is 0. The zero-order valence-electron chi connectivity index (χ0n) is 15.6. The quantitative estimate of drug-likeness (QED) is 0.836. The number of carbonyl (C=O) groups is 1. The van der Waals surface area contributed by atoms with Gasteiger partial charge in [-0.15, -0.1) is 11.3 Å². The van der Waals surface area contributed by atoms with Crippen molar-refractivity contribution in [2.24, 2.45) is 0 Å². The van der Waals surface area contributed by atoms with Crippen molar-refractivity contribution in [3.63, 3.8) is 0 Å². The standard InChI is InChI=1S/C21H27N3OS/c1-14-20(26-15(2)22-14)13-24-12-4-3-5-19(24)21(25)23-18-10-8-17(9-11-18)16-6-7-16/h8-11,16,19H,3-7,12-13H2,1-2H3,(H,23,25). The van der Waals surface area contributed by atoms with E-state index in [4.69, 9.17) is 0 Å². The highest BCUT2D eigenvalue weighted by Gasteiger charge is 2.30. The van der Waals surface area contributed by atoms with Crippen LogP contribution in [0, 0.1) is 13.8 Å². The maximum atomic E-state index is 12.9. The highest BCUT2D eigenvalue weighted by atomic mass is 32.1. The van der Waals surface area contributed by atoms with Crippen molar-refractivity contribution in [3.05, 3.63) is 45.4 Å². The van der Waals surface area contributed by atoms with E-state index in [0.29, 0.717) is 0 Å². The number of carbonyl (C=O) groups excluding carboxylic acids is 1. The van der Waals surface area contributed by atoms with Gasteiger partial charge in [0.2, 0.25) is 5.91 Å². The van der Waals surface area contributed by atoms with Gasteiger partial charge >= 0.3 is 0 Å². The third kappa shape index (κ3) is 3.99. The molecule has 2 fully saturated rings. The summed E-state index contributed by atoms with van der Waals surface area (Å²) < 4.78 is 0. The molecule has 1 aromatic heterocycles. The maximum absolute atomic E-state index is 12.9. The Kier molecular flexibility index (Phi) is 5.09. The highest BCUT2D eigenvalue weighted by Crippen LogP contribution is 2.40. The molecule has 138 valence electrons. The van der Waals surface area contributed by atoms with Crippen LogP contribution in [0.3, 0.4) is 0 Å². The van der Waals surface area contributed by atoms with E-state index in [1.165, 1.54) is 23.3 Å². The Hall–Kier alpha value is -1.72. The van der Waals surface area contributed by atoms with E-state index >= 15 is 0 Å². The first-order valence-corrected chi connectivity index (χ1v) is 10.5. The molecule has 1 atom stereocenters. The lowest BCUT2D eigenvalue weighted by Crippen LogP contribution is -2.46. The van der Waals surface area contributed by atoms with Crippen LogP contribution in [-0.4, -0.2) is 28.4 Å². The minimum atomic E-state index is -0.0475. The van der Waals surface area contributed by atoms with Gasteiger partial charge < -0.3 is 5.32 Å². The largest absolute Gasteiger partial charge is 0.325 e. The lowest BCUT2D eigenvalue weighted by Gasteiger charge is -2.34. The first-order chi connectivity index (χ1) is 12.6. The molecule has 2 aromatic rings. The van der Waals surface area contributed by atoms with Gasteiger partial charge in [-0.25, -0.2) is 4.98 Å². The molecule has 1 aliphatic carbocycles. The Morgan fingerprint density at radius 1 is 1.19 bits per heavy atom. The number of hydrogen-bond acceptors (Lipinski definition) is 4. The van der Waals surface area contributed by atoms with Crippen LogP contribution in [0.25, 0.3) is 0 Å². The normalized spacial score (nSPS) is 20.9. The van der Waals surface area contributed by atoms with Gasteiger partial charge in [-0.3, -0.25) is 9.69 Å². The van der Waals surface area contributed by atoms with Crippen molar-refractivity contribution < 1.29 is 4.79 Å². The first-order valence-electron chi connectivity index (χ1n) is 9.68. The van der Waals surface area contributed by atoms with Crippen LogP contribution in [0.15, 0.2) is 24.3 Å². The van der Waals surface area contributed by atoms with Crippen molar-refractivity contribution in [3.8, 4) is 0 Å². The molecule has 4 nitrogen and oxygen atoms in total. The molecule has 2 heterocycles. The van der Waals surface area contributed by atoms with Crippen molar-refractivity contribution in [1.29, 1.82) is 0 Å². The molecule has 0 bridgehead atoms. The zero-order valence-corrected chi connectivity index (χ0v) is 16.4. The molecule has 26 heavy (non-hydrogen) atoms. The number of amides is 1. The minimum absolute atomic E-state index is 0.0475. The molecule has 4 rings (SSSR count). The molecule has 1 aromatic carbocycles. The molecule has 1 saturated heterocycles. The Balaban J connectivity index is 1.42. The number of likely N-dealkylation sites (tertiary alicyclic amines) is 1. The molecular formula is C21H27N3OS. The van der Waals surface area contributed by atoms with Crippen molar-refractivity contribution in [2.45, 2.75) is 64.5 Å². The van der Waals surface area contributed by atoms with Crippen LogP contribution in [0.2, 0.25) is 0 Å². The zero-order chi connectivity index (χ0) is 18.1. The molecule has 1 unspecified atom stereocenters.